The topological polar surface area (TPSA) is 60.9 Å². The van der Waals surface area contributed by atoms with Crippen LogP contribution in [0.25, 0.3) is 10.9 Å². The van der Waals surface area contributed by atoms with Gasteiger partial charge < -0.3 is 10.4 Å². The van der Waals surface area contributed by atoms with E-state index in [2.05, 4.69) is 21.6 Å². The van der Waals surface area contributed by atoms with Gasteiger partial charge in [-0.05, 0) is 25.0 Å². The zero-order valence-corrected chi connectivity index (χ0v) is 11.2. The van der Waals surface area contributed by atoms with E-state index in [4.69, 9.17) is 0 Å². The first-order chi connectivity index (χ1) is 9.33. The number of anilines is 1. The Balaban J connectivity index is 1.76. The van der Waals surface area contributed by atoms with Crippen molar-refractivity contribution in [3.05, 3.63) is 24.4 Å². The van der Waals surface area contributed by atoms with Crippen molar-refractivity contribution in [1.29, 1.82) is 0 Å². The summed E-state index contributed by atoms with van der Waals surface area (Å²) >= 11 is 0. The highest BCUT2D eigenvalue weighted by atomic mass is 16.3. The second kappa shape index (κ2) is 5.21. The first-order valence-corrected chi connectivity index (χ1v) is 7.10. The molecular formula is C15H21N3O. The molecule has 0 unspecified atom stereocenters. The van der Waals surface area contributed by atoms with E-state index in [1.165, 1.54) is 19.3 Å². The van der Waals surface area contributed by atoms with Gasteiger partial charge in [0.15, 0.2) is 0 Å². The molecular weight excluding hydrogens is 238 g/mol. The highest BCUT2D eigenvalue weighted by Gasteiger charge is 2.31. The summed E-state index contributed by atoms with van der Waals surface area (Å²) in [6.07, 6.45) is 7.87. The number of H-pyrrole nitrogens is 1. The molecule has 1 aliphatic rings. The van der Waals surface area contributed by atoms with Crippen LogP contribution in [0.2, 0.25) is 0 Å². The monoisotopic (exact) mass is 259 g/mol. The van der Waals surface area contributed by atoms with Crippen molar-refractivity contribution in [3.8, 4) is 0 Å². The Bertz CT molecular complexity index is 543. The zero-order chi connectivity index (χ0) is 13.1. The Labute approximate surface area is 113 Å². The lowest BCUT2D eigenvalue weighted by Crippen LogP contribution is -2.35. The number of nitrogens with one attached hydrogen (secondary N) is 2. The highest BCUT2D eigenvalue weighted by molar-refractivity contribution is 5.90. The number of nitrogens with zero attached hydrogens (tertiary/aromatic N) is 1. The maximum Gasteiger partial charge on any atom is 0.0671 e. The molecule has 0 radical (unpaired) electrons. The number of aliphatic hydroxyl groups excluding tert-OH is 1. The molecule has 3 N–H and O–H groups in total. The van der Waals surface area contributed by atoms with E-state index in [0.717, 1.165) is 36.0 Å². The molecule has 0 bridgehead atoms. The molecule has 1 heterocycles. The SMILES string of the molecule is OCC1(CNc2cccc3[nH]ncc23)CCCCC1. The summed E-state index contributed by atoms with van der Waals surface area (Å²) in [7, 11) is 0. The Morgan fingerprint density at radius 3 is 2.89 bits per heavy atom. The molecule has 4 nitrogen and oxygen atoms in total. The smallest absolute Gasteiger partial charge is 0.0671 e. The molecule has 1 aromatic carbocycles. The number of hydrogen-bond donors (Lipinski definition) is 3. The molecule has 1 aliphatic carbocycles. The van der Waals surface area contributed by atoms with Gasteiger partial charge in [-0.3, -0.25) is 5.10 Å². The number of benzene rings is 1. The van der Waals surface area contributed by atoms with E-state index in [1.54, 1.807) is 0 Å². The fourth-order valence-corrected chi connectivity index (χ4v) is 3.10. The van der Waals surface area contributed by atoms with Crippen LogP contribution < -0.4 is 5.32 Å². The average molecular weight is 259 g/mol. The maximum atomic E-state index is 9.73. The Morgan fingerprint density at radius 1 is 1.26 bits per heavy atom. The number of rotatable bonds is 4. The van der Waals surface area contributed by atoms with Crippen molar-refractivity contribution in [2.75, 3.05) is 18.5 Å². The quantitative estimate of drug-likeness (QED) is 0.791. The number of aromatic amines is 1. The minimum absolute atomic E-state index is 0.0597. The second-order valence-corrected chi connectivity index (χ2v) is 5.71. The van der Waals surface area contributed by atoms with Gasteiger partial charge >= 0.3 is 0 Å². The van der Waals surface area contributed by atoms with Gasteiger partial charge in [0.25, 0.3) is 0 Å². The predicted octanol–water partition coefficient (Wildman–Crippen LogP) is 2.92. The molecule has 2 aromatic rings. The average Bonchev–Trinajstić information content (AvgIpc) is 2.95. The van der Waals surface area contributed by atoms with Crippen molar-refractivity contribution in [3.63, 3.8) is 0 Å². The van der Waals surface area contributed by atoms with Gasteiger partial charge in [-0.2, -0.15) is 5.10 Å². The van der Waals surface area contributed by atoms with Gasteiger partial charge in [0, 0.05) is 23.0 Å². The van der Waals surface area contributed by atoms with Gasteiger partial charge in [0.1, 0.15) is 0 Å². The lowest BCUT2D eigenvalue weighted by molar-refractivity contribution is 0.0944. The summed E-state index contributed by atoms with van der Waals surface area (Å²) in [6, 6.07) is 6.12. The maximum absolute atomic E-state index is 9.73. The van der Waals surface area contributed by atoms with Gasteiger partial charge in [-0.1, -0.05) is 25.3 Å². The minimum Gasteiger partial charge on any atom is -0.396 e. The van der Waals surface area contributed by atoms with Crippen LogP contribution in [-0.4, -0.2) is 28.5 Å². The summed E-state index contributed by atoms with van der Waals surface area (Å²) in [5.74, 6) is 0. The van der Waals surface area contributed by atoms with E-state index < -0.39 is 0 Å². The summed E-state index contributed by atoms with van der Waals surface area (Å²) in [5.41, 5.74) is 2.21. The first kappa shape index (κ1) is 12.5. The number of aromatic nitrogens is 2. The van der Waals surface area contributed by atoms with E-state index in [0.29, 0.717) is 0 Å². The molecule has 0 saturated heterocycles. The molecule has 4 heteroatoms. The van der Waals surface area contributed by atoms with Crippen LogP contribution in [0, 0.1) is 5.41 Å². The Morgan fingerprint density at radius 2 is 2.11 bits per heavy atom. The van der Waals surface area contributed by atoms with Gasteiger partial charge in [-0.25, -0.2) is 0 Å². The third kappa shape index (κ3) is 2.45. The standard InChI is InChI=1S/C15H21N3O/c19-11-15(7-2-1-3-8-15)10-16-13-5-4-6-14-12(13)9-17-18-14/h4-6,9,16,19H,1-3,7-8,10-11H2,(H,17,18). The lowest BCUT2D eigenvalue weighted by atomic mass is 9.74. The van der Waals surface area contributed by atoms with Crippen LogP contribution in [0.1, 0.15) is 32.1 Å². The molecule has 0 spiro atoms. The minimum atomic E-state index is 0.0597. The van der Waals surface area contributed by atoms with Crippen LogP contribution in [0.15, 0.2) is 24.4 Å². The van der Waals surface area contributed by atoms with Crippen LogP contribution in [0.5, 0.6) is 0 Å². The molecule has 1 aromatic heterocycles. The molecule has 1 saturated carbocycles. The first-order valence-electron chi connectivity index (χ1n) is 7.10. The van der Waals surface area contributed by atoms with Crippen LogP contribution in [0.4, 0.5) is 5.69 Å². The molecule has 0 atom stereocenters. The van der Waals surface area contributed by atoms with Crippen molar-refractivity contribution in [2.24, 2.45) is 5.41 Å². The van der Waals surface area contributed by atoms with Crippen molar-refractivity contribution in [1.82, 2.24) is 10.2 Å². The largest absolute Gasteiger partial charge is 0.396 e. The number of fused-ring (bicyclic) bond motifs is 1. The van der Waals surface area contributed by atoms with Gasteiger partial charge in [0.2, 0.25) is 0 Å². The zero-order valence-electron chi connectivity index (χ0n) is 11.2. The fourth-order valence-electron chi connectivity index (χ4n) is 3.10. The van der Waals surface area contributed by atoms with Crippen LogP contribution in [-0.2, 0) is 0 Å². The number of aliphatic hydroxyl groups is 1. The molecule has 0 aliphatic heterocycles. The van der Waals surface area contributed by atoms with E-state index in [1.807, 2.05) is 18.3 Å². The van der Waals surface area contributed by atoms with Crippen molar-refractivity contribution in [2.45, 2.75) is 32.1 Å². The van der Waals surface area contributed by atoms with Crippen molar-refractivity contribution < 1.29 is 5.11 Å². The molecule has 19 heavy (non-hydrogen) atoms. The Kier molecular flexibility index (Phi) is 3.42. The summed E-state index contributed by atoms with van der Waals surface area (Å²) < 4.78 is 0. The lowest BCUT2D eigenvalue weighted by Gasteiger charge is -2.36. The highest BCUT2D eigenvalue weighted by Crippen LogP contribution is 2.36. The van der Waals surface area contributed by atoms with E-state index in [9.17, 15) is 5.11 Å². The summed E-state index contributed by atoms with van der Waals surface area (Å²) in [6.45, 7) is 1.12. The number of hydrogen-bond acceptors (Lipinski definition) is 3. The molecule has 3 rings (SSSR count). The third-order valence-electron chi connectivity index (χ3n) is 4.39. The predicted molar refractivity (Wildman–Crippen MR) is 77.2 cm³/mol. The van der Waals surface area contributed by atoms with E-state index in [-0.39, 0.29) is 12.0 Å². The molecule has 102 valence electrons. The van der Waals surface area contributed by atoms with Gasteiger partial charge in [0.05, 0.1) is 18.3 Å². The Hall–Kier alpha value is -1.55. The van der Waals surface area contributed by atoms with Crippen LogP contribution >= 0.6 is 0 Å². The summed E-state index contributed by atoms with van der Waals surface area (Å²) in [4.78, 5) is 0. The fraction of sp³-hybridized carbons (Fsp3) is 0.533. The molecule has 0 amide bonds. The normalized spacial score (nSPS) is 18.6. The second-order valence-electron chi connectivity index (χ2n) is 5.71. The van der Waals surface area contributed by atoms with Gasteiger partial charge in [-0.15, -0.1) is 0 Å². The third-order valence-corrected chi connectivity index (χ3v) is 4.39. The molecule has 1 fully saturated rings. The van der Waals surface area contributed by atoms with Crippen LogP contribution in [0.3, 0.4) is 0 Å². The van der Waals surface area contributed by atoms with E-state index >= 15 is 0 Å². The van der Waals surface area contributed by atoms with Crippen molar-refractivity contribution >= 4 is 16.6 Å². The summed E-state index contributed by atoms with van der Waals surface area (Å²) in [5, 5.41) is 21.4.